The van der Waals surface area contributed by atoms with Crippen molar-refractivity contribution in [2.75, 3.05) is 19.8 Å². The smallest absolute Gasteiger partial charge is 0.171 e. The summed E-state index contributed by atoms with van der Waals surface area (Å²) in [6, 6.07) is 0. The van der Waals surface area contributed by atoms with Crippen molar-refractivity contribution in [2.45, 2.75) is 37.3 Å². The van der Waals surface area contributed by atoms with E-state index in [0.717, 1.165) is 0 Å². The summed E-state index contributed by atoms with van der Waals surface area (Å²) >= 11 is 0. The van der Waals surface area contributed by atoms with Crippen LogP contribution in [-0.2, 0) is 14.6 Å². The van der Waals surface area contributed by atoms with Crippen molar-refractivity contribution in [2.24, 2.45) is 0 Å². The van der Waals surface area contributed by atoms with E-state index in [0.29, 0.717) is 26.2 Å². The van der Waals surface area contributed by atoms with Gasteiger partial charge in [0.2, 0.25) is 0 Å². The molecule has 5 heteroatoms. The standard InChI is InChI=1S/C9H19NO3S/c1-9(2,3)14(11,12)8-4-6-13-7-5-10-8/h8,10H,4-7H2,1-3H3. The largest absolute Gasteiger partial charge is 0.380 e. The highest BCUT2D eigenvalue weighted by Crippen LogP contribution is 2.21. The van der Waals surface area contributed by atoms with Crippen molar-refractivity contribution >= 4 is 9.84 Å². The summed E-state index contributed by atoms with van der Waals surface area (Å²) in [5.74, 6) is 0. The van der Waals surface area contributed by atoms with Crippen LogP contribution in [0.25, 0.3) is 0 Å². The predicted molar refractivity (Wildman–Crippen MR) is 55.9 cm³/mol. The van der Waals surface area contributed by atoms with Crippen LogP contribution in [0.5, 0.6) is 0 Å². The van der Waals surface area contributed by atoms with Crippen LogP contribution in [0.2, 0.25) is 0 Å². The van der Waals surface area contributed by atoms with Crippen LogP contribution in [-0.4, -0.2) is 38.3 Å². The average Bonchev–Trinajstić information content (AvgIpc) is 2.29. The summed E-state index contributed by atoms with van der Waals surface area (Å²) in [6.07, 6.45) is 0.541. The molecule has 1 atom stereocenters. The molecule has 1 N–H and O–H groups in total. The van der Waals surface area contributed by atoms with Crippen LogP contribution < -0.4 is 5.32 Å². The topological polar surface area (TPSA) is 55.4 Å². The van der Waals surface area contributed by atoms with Gasteiger partial charge in [0, 0.05) is 19.6 Å². The highest BCUT2D eigenvalue weighted by atomic mass is 32.2. The second kappa shape index (κ2) is 4.16. The fraction of sp³-hybridized carbons (Fsp3) is 1.00. The molecule has 0 radical (unpaired) electrons. The van der Waals surface area contributed by atoms with E-state index in [2.05, 4.69) is 5.32 Å². The van der Waals surface area contributed by atoms with Gasteiger partial charge in [-0.25, -0.2) is 8.42 Å². The molecule has 1 aliphatic rings. The second-order valence-corrected chi connectivity index (χ2v) is 7.38. The van der Waals surface area contributed by atoms with E-state index in [-0.39, 0.29) is 0 Å². The van der Waals surface area contributed by atoms with Crippen molar-refractivity contribution in [1.82, 2.24) is 5.32 Å². The lowest BCUT2D eigenvalue weighted by Gasteiger charge is -2.26. The number of nitrogens with one attached hydrogen (secondary N) is 1. The third-order valence-corrected chi connectivity index (χ3v) is 5.23. The maximum atomic E-state index is 12.0. The van der Waals surface area contributed by atoms with Crippen LogP contribution in [0, 0.1) is 0 Å². The summed E-state index contributed by atoms with van der Waals surface area (Å²) in [4.78, 5) is 0. The van der Waals surface area contributed by atoms with Crippen LogP contribution in [0.1, 0.15) is 27.2 Å². The average molecular weight is 221 g/mol. The molecule has 1 aliphatic heterocycles. The fourth-order valence-electron chi connectivity index (χ4n) is 1.38. The minimum atomic E-state index is -3.11. The summed E-state index contributed by atoms with van der Waals surface area (Å²) in [5, 5.41) is 2.56. The molecule has 0 aromatic rings. The highest BCUT2D eigenvalue weighted by Gasteiger charge is 2.36. The van der Waals surface area contributed by atoms with Crippen LogP contribution in [0.4, 0.5) is 0 Å². The highest BCUT2D eigenvalue weighted by molar-refractivity contribution is 7.93. The molecule has 14 heavy (non-hydrogen) atoms. The molecular formula is C9H19NO3S. The zero-order valence-corrected chi connectivity index (χ0v) is 9.86. The van der Waals surface area contributed by atoms with E-state index in [9.17, 15) is 8.42 Å². The summed E-state index contributed by atoms with van der Waals surface area (Å²) in [5.41, 5.74) is 0. The predicted octanol–water partition coefficient (Wildman–Crippen LogP) is 0.536. The number of ether oxygens (including phenoxy) is 1. The number of sulfone groups is 1. The first kappa shape index (κ1) is 11.9. The van der Waals surface area contributed by atoms with Gasteiger partial charge in [0.25, 0.3) is 0 Å². The SMILES string of the molecule is CC(C)(C)S(=O)(=O)C1CCOCCN1. The lowest BCUT2D eigenvalue weighted by Crippen LogP contribution is -2.45. The third-order valence-electron chi connectivity index (χ3n) is 2.37. The minimum Gasteiger partial charge on any atom is -0.380 e. The maximum absolute atomic E-state index is 12.0. The quantitative estimate of drug-likeness (QED) is 0.702. The van der Waals surface area contributed by atoms with Crippen molar-refractivity contribution in [3.8, 4) is 0 Å². The van der Waals surface area contributed by atoms with Crippen molar-refractivity contribution in [3.05, 3.63) is 0 Å². The summed E-state index contributed by atoms with van der Waals surface area (Å²) in [7, 11) is -3.11. The first-order valence-corrected chi connectivity index (χ1v) is 6.45. The van der Waals surface area contributed by atoms with E-state index in [1.165, 1.54) is 0 Å². The maximum Gasteiger partial charge on any atom is 0.171 e. The molecule has 0 aromatic carbocycles. The lowest BCUT2D eigenvalue weighted by molar-refractivity contribution is 0.151. The number of hydrogen-bond donors (Lipinski definition) is 1. The zero-order valence-electron chi connectivity index (χ0n) is 9.04. The van der Waals surface area contributed by atoms with Gasteiger partial charge in [-0.3, -0.25) is 5.32 Å². The monoisotopic (exact) mass is 221 g/mol. The Bertz CT molecular complexity index is 271. The second-order valence-electron chi connectivity index (χ2n) is 4.50. The minimum absolute atomic E-state index is 0.454. The van der Waals surface area contributed by atoms with Gasteiger partial charge in [0.15, 0.2) is 9.84 Å². The molecule has 0 saturated carbocycles. The summed E-state index contributed by atoms with van der Waals surface area (Å²) < 4.78 is 28.6. The van der Waals surface area contributed by atoms with Gasteiger partial charge in [0.1, 0.15) is 5.37 Å². The molecule has 1 saturated heterocycles. The van der Waals surface area contributed by atoms with Gasteiger partial charge in [-0.15, -0.1) is 0 Å². The van der Waals surface area contributed by atoms with E-state index in [4.69, 9.17) is 4.74 Å². The number of hydrogen-bond acceptors (Lipinski definition) is 4. The Hall–Kier alpha value is -0.130. The van der Waals surface area contributed by atoms with E-state index in [1.807, 2.05) is 0 Å². The van der Waals surface area contributed by atoms with Gasteiger partial charge < -0.3 is 4.74 Å². The van der Waals surface area contributed by atoms with Gasteiger partial charge in [-0.1, -0.05) is 0 Å². The molecule has 1 fully saturated rings. The van der Waals surface area contributed by atoms with Crippen LogP contribution in [0.3, 0.4) is 0 Å². The first-order valence-electron chi connectivity index (χ1n) is 4.90. The third kappa shape index (κ3) is 2.46. The van der Waals surface area contributed by atoms with Crippen LogP contribution in [0.15, 0.2) is 0 Å². The first-order chi connectivity index (χ1) is 6.36. The van der Waals surface area contributed by atoms with E-state index in [1.54, 1.807) is 20.8 Å². The van der Waals surface area contributed by atoms with Crippen LogP contribution >= 0.6 is 0 Å². The Labute approximate surface area is 85.9 Å². The Morgan fingerprint density at radius 1 is 1.29 bits per heavy atom. The molecule has 0 aromatic heterocycles. The molecule has 0 bridgehead atoms. The lowest BCUT2D eigenvalue weighted by atomic mass is 10.3. The van der Waals surface area contributed by atoms with Crippen molar-refractivity contribution in [3.63, 3.8) is 0 Å². The summed E-state index contributed by atoms with van der Waals surface area (Å²) in [6.45, 7) is 6.92. The van der Waals surface area contributed by atoms with Gasteiger partial charge in [-0.2, -0.15) is 0 Å². The molecule has 0 aliphatic carbocycles. The molecule has 4 nitrogen and oxygen atoms in total. The van der Waals surface area contributed by atoms with E-state index >= 15 is 0 Å². The van der Waals surface area contributed by atoms with E-state index < -0.39 is 20.0 Å². The molecule has 1 heterocycles. The zero-order chi connectivity index (χ0) is 10.8. The normalized spacial score (nSPS) is 25.8. The molecular weight excluding hydrogens is 202 g/mol. The molecule has 0 amide bonds. The molecule has 1 rings (SSSR count). The Morgan fingerprint density at radius 3 is 2.50 bits per heavy atom. The Kier molecular flexibility index (Phi) is 3.55. The van der Waals surface area contributed by atoms with Crippen molar-refractivity contribution < 1.29 is 13.2 Å². The number of rotatable bonds is 1. The van der Waals surface area contributed by atoms with Gasteiger partial charge in [-0.05, 0) is 20.8 Å². The molecule has 84 valence electrons. The molecule has 0 spiro atoms. The molecule has 1 unspecified atom stereocenters. The fourth-order valence-corrected chi connectivity index (χ4v) is 2.98. The van der Waals surface area contributed by atoms with Gasteiger partial charge in [0.05, 0.1) is 11.4 Å². The Balaban J connectivity index is 2.81. The van der Waals surface area contributed by atoms with Gasteiger partial charge >= 0.3 is 0 Å². The van der Waals surface area contributed by atoms with Crippen molar-refractivity contribution in [1.29, 1.82) is 0 Å². The Morgan fingerprint density at radius 2 is 1.93 bits per heavy atom.